The molecule has 0 unspecified atom stereocenters. The molecule has 0 amide bonds. The molecule has 0 radical (unpaired) electrons. The summed E-state index contributed by atoms with van der Waals surface area (Å²) in [6.07, 6.45) is 4.67. The summed E-state index contributed by atoms with van der Waals surface area (Å²) < 4.78 is 0. The fourth-order valence-corrected chi connectivity index (χ4v) is 1.34. The molecule has 0 saturated carbocycles. The molecule has 10 heavy (non-hydrogen) atoms. The van der Waals surface area contributed by atoms with Crippen molar-refractivity contribution in [3.8, 4) is 0 Å². The second-order valence-corrected chi connectivity index (χ2v) is 3.39. The van der Waals surface area contributed by atoms with Crippen LogP contribution in [0.2, 0.25) is 0 Å². The van der Waals surface area contributed by atoms with Crippen LogP contribution in [0.25, 0.3) is 0 Å². The van der Waals surface area contributed by atoms with Gasteiger partial charge in [-0.1, -0.05) is 12.2 Å². The monoisotopic (exact) mass is 160 g/mol. The maximum atomic E-state index is 8.80. The van der Waals surface area contributed by atoms with Crippen molar-refractivity contribution >= 4 is 8.38 Å². The zero-order valence-corrected chi connectivity index (χ0v) is 6.80. The first kappa shape index (κ1) is 9.83. The van der Waals surface area contributed by atoms with Gasteiger partial charge in [-0.25, -0.2) is 0 Å². The summed E-state index contributed by atoms with van der Waals surface area (Å²) >= 11 is 0. The Bertz CT molecular complexity index is 102. The first-order chi connectivity index (χ1) is 4.72. The van der Waals surface area contributed by atoms with Gasteiger partial charge in [0, 0.05) is 5.66 Å². The predicted molar refractivity (Wildman–Crippen MR) is 44.8 cm³/mol. The molecule has 0 bridgehead atoms. The topological polar surface area (TPSA) is 40.5 Å². The Labute approximate surface area is 62.8 Å². The average molecular weight is 160 g/mol. The van der Waals surface area contributed by atoms with E-state index in [1.807, 2.05) is 0 Å². The highest BCUT2D eigenvalue weighted by Crippen LogP contribution is 2.35. The van der Waals surface area contributed by atoms with Gasteiger partial charge in [-0.2, -0.15) is 0 Å². The lowest BCUT2D eigenvalue weighted by atomic mass is 10.2. The summed E-state index contributed by atoms with van der Waals surface area (Å²) in [7, 11) is -1.82. The molecule has 0 fully saturated rings. The van der Waals surface area contributed by atoms with Gasteiger partial charge >= 0.3 is 0 Å². The molecule has 58 valence electrons. The van der Waals surface area contributed by atoms with Crippen LogP contribution in [0.5, 0.6) is 0 Å². The quantitative estimate of drug-likeness (QED) is 0.475. The van der Waals surface area contributed by atoms with E-state index in [2.05, 4.69) is 13.2 Å². The normalized spacial score (nSPS) is 10.4. The molecular weight excluding hydrogens is 147 g/mol. The first-order valence-corrected chi connectivity index (χ1v) is 4.42. The van der Waals surface area contributed by atoms with Crippen LogP contribution in [-0.4, -0.2) is 15.4 Å². The Balaban J connectivity index is 3.70. The van der Waals surface area contributed by atoms with E-state index in [9.17, 15) is 0 Å². The van der Waals surface area contributed by atoms with Crippen molar-refractivity contribution in [1.29, 1.82) is 0 Å². The molecule has 0 rings (SSSR count). The van der Waals surface area contributed by atoms with E-state index in [1.54, 1.807) is 12.2 Å². The summed E-state index contributed by atoms with van der Waals surface area (Å²) in [5.41, 5.74) is -0.0787. The summed E-state index contributed by atoms with van der Waals surface area (Å²) in [5, 5.41) is 0. The second-order valence-electron chi connectivity index (χ2n) is 2.02. The van der Waals surface area contributed by atoms with E-state index in [4.69, 9.17) is 9.79 Å². The van der Waals surface area contributed by atoms with Crippen molar-refractivity contribution in [3.05, 3.63) is 25.3 Å². The molecule has 0 aliphatic rings. The smallest absolute Gasteiger partial charge is 0.168 e. The van der Waals surface area contributed by atoms with Gasteiger partial charge in [0.05, 0.1) is 0 Å². The van der Waals surface area contributed by atoms with Crippen LogP contribution in [-0.2, 0) is 0 Å². The van der Waals surface area contributed by atoms with E-state index in [-0.39, 0.29) is 5.66 Å². The zero-order chi connectivity index (χ0) is 7.98. The lowest BCUT2D eigenvalue weighted by molar-refractivity contribution is 0.464. The molecule has 0 aliphatic carbocycles. The van der Waals surface area contributed by atoms with Gasteiger partial charge in [0.2, 0.25) is 0 Å². The Morgan fingerprint density at radius 3 is 1.80 bits per heavy atom. The van der Waals surface area contributed by atoms with Crippen LogP contribution in [0.3, 0.4) is 0 Å². The number of rotatable bonds is 5. The van der Waals surface area contributed by atoms with Crippen molar-refractivity contribution in [1.82, 2.24) is 0 Å². The van der Waals surface area contributed by atoms with Gasteiger partial charge in [0.15, 0.2) is 8.38 Å². The molecule has 0 atom stereocenters. The number of allylic oxidation sites excluding steroid dienone is 2. The maximum absolute atomic E-state index is 8.80. The van der Waals surface area contributed by atoms with Crippen LogP contribution >= 0.6 is 8.38 Å². The fraction of sp³-hybridized carbons (Fsp3) is 0.429. The molecular formula is C7H13O2P. The van der Waals surface area contributed by atoms with E-state index in [1.165, 1.54) is 0 Å². The van der Waals surface area contributed by atoms with Gasteiger partial charge in [-0.15, -0.1) is 13.2 Å². The molecule has 0 spiro atoms. The van der Waals surface area contributed by atoms with Gasteiger partial charge in [0.25, 0.3) is 0 Å². The molecule has 0 aliphatic heterocycles. The molecule has 0 aromatic rings. The predicted octanol–water partition coefficient (Wildman–Crippen LogP) is 1.80. The molecule has 0 heterocycles. The first-order valence-electron chi connectivity index (χ1n) is 3.11. The molecule has 2 nitrogen and oxygen atoms in total. The Morgan fingerprint density at radius 2 is 1.60 bits per heavy atom. The standard InChI is InChI=1S/C7H13O2P/c1-3-5-7(6-4-2)10(8)9/h3-4,7-9H,1-2,5-6H2. The van der Waals surface area contributed by atoms with Gasteiger partial charge in [0.1, 0.15) is 0 Å². The van der Waals surface area contributed by atoms with E-state index >= 15 is 0 Å². The van der Waals surface area contributed by atoms with Crippen molar-refractivity contribution in [2.24, 2.45) is 0 Å². The third-order valence-corrected chi connectivity index (χ3v) is 2.28. The second kappa shape index (κ2) is 5.60. The summed E-state index contributed by atoms with van der Waals surface area (Å²) in [4.78, 5) is 17.6. The summed E-state index contributed by atoms with van der Waals surface area (Å²) in [5.74, 6) is 0. The van der Waals surface area contributed by atoms with Gasteiger partial charge in [-0.3, -0.25) is 0 Å². The highest BCUT2D eigenvalue weighted by Gasteiger charge is 2.13. The Morgan fingerprint density at radius 1 is 1.20 bits per heavy atom. The van der Waals surface area contributed by atoms with Crippen LogP contribution in [0.1, 0.15) is 12.8 Å². The SMILES string of the molecule is C=CCC(CC=C)P(O)O. The maximum Gasteiger partial charge on any atom is 0.168 e. The van der Waals surface area contributed by atoms with Gasteiger partial charge < -0.3 is 9.79 Å². The fourth-order valence-electron chi connectivity index (χ4n) is 0.670. The van der Waals surface area contributed by atoms with Crippen LogP contribution in [0, 0.1) is 0 Å². The lowest BCUT2D eigenvalue weighted by Crippen LogP contribution is -2.01. The third kappa shape index (κ3) is 3.78. The van der Waals surface area contributed by atoms with Crippen molar-refractivity contribution in [3.63, 3.8) is 0 Å². The van der Waals surface area contributed by atoms with Crippen molar-refractivity contribution in [2.45, 2.75) is 18.5 Å². The zero-order valence-electron chi connectivity index (χ0n) is 5.90. The van der Waals surface area contributed by atoms with E-state index in [0.717, 1.165) is 0 Å². The Hall–Kier alpha value is -0.170. The van der Waals surface area contributed by atoms with E-state index in [0.29, 0.717) is 12.8 Å². The van der Waals surface area contributed by atoms with Gasteiger partial charge in [-0.05, 0) is 12.8 Å². The minimum Gasteiger partial charge on any atom is -0.350 e. The highest BCUT2D eigenvalue weighted by atomic mass is 31.2. The Kier molecular flexibility index (Phi) is 5.51. The largest absolute Gasteiger partial charge is 0.350 e. The summed E-state index contributed by atoms with van der Waals surface area (Å²) in [6.45, 7) is 7.04. The molecule has 0 saturated heterocycles. The minimum absolute atomic E-state index is 0.0787. The van der Waals surface area contributed by atoms with Crippen LogP contribution in [0.4, 0.5) is 0 Å². The van der Waals surface area contributed by atoms with Crippen LogP contribution < -0.4 is 0 Å². The highest BCUT2D eigenvalue weighted by molar-refractivity contribution is 7.45. The average Bonchev–Trinajstić information content (AvgIpc) is 1.87. The number of hydrogen-bond acceptors (Lipinski definition) is 2. The minimum atomic E-state index is -1.82. The van der Waals surface area contributed by atoms with Crippen molar-refractivity contribution in [2.75, 3.05) is 0 Å². The summed E-state index contributed by atoms with van der Waals surface area (Å²) in [6, 6.07) is 0. The van der Waals surface area contributed by atoms with Crippen molar-refractivity contribution < 1.29 is 9.79 Å². The molecule has 3 heteroatoms. The lowest BCUT2D eigenvalue weighted by Gasteiger charge is -2.12. The number of hydrogen-bond donors (Lipinski definition) is 2. The van der Waals surface area contributed by atoms with E-state index < -0.39 is 8.38 Å². The van der Waals surface area contributed by atoms with Crippen LogP contribution in [0.15, 0.2) is 25.3 Å². The molecule has 0 aromatic carbocycles. The molecule has 2 N–H and O–H groups in total. The molecule has 0 aromatic heterocycles. The third-order valence-electron chi connectivity index (χ3n) is 1.20.